The molecule has 1 aromatic carbocycles. The van der Waals surface area contributed by atoms with E-state index in [0.717, 1.165) is 31.4 Å². The number of rotatable bonds is 5. The Balaban J connectivity index is 1.74. The molecule has 0 aromatic heterocycles. The van der Waals surface area contributed by atoms with Gasteiger partial charge in [-0.3, -0.25) is 10.1 Å². The lowest BCUT2D eigenvalue weighted by molar-refractivity contribution is -0.137. The number of amides is 1. The quantitative estimate of drug-likeness (QED) is 0.899. The lowest BCUT2D eigenvalue weighted by Crippen LogP contribution is -2.51. The second kappa shape index (κ2) is 7.99. The van der Waals surface area contributed by atoms with Crippen LogP contribution < -0.4 is 10.1 Å². The summed E-state index contributed by atoms with van der Waals surface area (Å²) >= 11 is 0. The van der Waals surface area contributed by atoms with Crippen molar-refractivity contribution in [1.29, 1.82) is 0 Å². The first kappa shape index (κ1) is 17.2. The van der Waals surface area contributed by atoms with Crippen LogP contribution in [-0.4, -0.2) is 50.3 Å². The van der Waals surface area contributed by atoms with Crippen LogP contribution in [0.15, 0.2) is 18.2 Å². The molecule has 1 aromatic rings. The predicted octanol–water partition coefficient (Wildman–Crippen LogP) is 2.30. The van der Waals surface area contributed by atoms with Crippen molar-refractivity contribution in [3.05, 3.63) is 29.3 Å². The fourth-order valence-corrected chi connectivity index (χ4v) is 3.79. The highest BCUT2D eigenvalue weighted by atomic mass is 16.5. The van der Waals surface area contributed by atoms with Crippen LogP contribution in [0.3, 0.4) is 0 Å². The maximum Gasteiger partial charge on any atom is 0.239 e. The molecule has 132 valence electrons. The summed E-state index contributed by atoms with van der Waals surface area (Å²) < 4.78 is 10.9. The molecule has 1 fully saturated rings. The molecular weight excluding hydrogens is 304 g/mol. The minimum absolute atomic E-state index is 0.134. The molecule has 0 unspecified atom stereocenters. The standard InChI is InChI=1S/C19H28N2O3/c1-3-16(19(22)21-10-12-24-13-11-21)20-17-8-4-7-15-14(17)6-5-9-18(15)23-2/h5-6,9,16-17,20H,3-4,7-8,10-13H2,1-2H3/t16-,17-/m1/s1. The number of hydrogen-bond acceptors (Lipinski definition) is 4. The zero-order valence-corrected chi connectivity index (χ0v) is 14.7. The molecule has 2 aliphatic rings. The Morgan fingerprint density at radius 2 is 2.21 bits per heavy atom. The number of carbonyl (C=O) groups excluding carboxylic acids is 1. The molecular formula is C19H28N2O3. The number of nitrogens with one attached hydrogen (secondary N) is 1. The Bertz CT molecular complexity index is 570. The van der Waals surface area contributed by atoms with E-state index in [1.54, 1.807) is 7.11 Å². The van der Waals surface area contributed by atoms with Crippen LogP contribution in [0, 0.1) is 0 Å². The van der Waals surface area contributed by atoms with Gasteiger partial charge in [0, 0.05) is 19.1 Å². The molecule has 0 saturated carbocycles. The zero-order chi connectivity index (χ0) is 16.9. The lowest BCUT2D eigenvalue weighted by Gasteiger charge is -2.34. The molecule has 24 heavy (non-hydrogen) atoms. The number of ether oxygens (including phenoxy) is 2. The summed E-state index contributed by atoms with van der Waals surface area (Å²) in [7, 11) is 1.73. The van der Waals surface area contributed by atoms with Gasteiger partial charge in [0.05, 0.1) is 26.4 Å². The molecule has 1 heterocycles. The molecule has 5 nitrogen and oxygen atoms in total. The van der Waals surface area contributed by atoms with E-state index in [9.17, 15) is 4.79 Å². The highest BCUT2D eigenvalue weighted by molar-refractivity contribution is 5.82. The first-order valence-electron chi connectivity index (χ1n) is 9.03. The minimum Gasteiger partial charge on any atom is -0.496 e. The van der Waals surface area contributed by atoms with Crippen LogP contribution in [0.25, 0.3) is 0 Å². The van der Waals surface area contributed by atoms with Gasteiger partial charge >= 0.3 is 0 Å². The second-order valence-corrected chi connectivity index (χ2v) is 6.54. The summed E-state index contributed by atoms with van der Waals surface area (Å²) in [5.41, 5.74) is 2.58. The predicted molar refractivity (Wildman–Crippen MR) is 93.3 cm³/mol. The van der Waals surface area contributed by atoms with Gasteiger partial charge in [0.2, 0.25) is 5.91 Å². The SMILES string of the molecule is CC[C@@H](N[C@@H]1CCCc2c(OC)cccc21)C(=O)N1CCOCC1. The molecule has 5 heteroatoms. The van der Waals surface area contributed by atoms with Crippen molar-refractivity contribution in [1.82, 2.24) is 10.2 Å². The molecule has 3 rings (SSSR count). The normalized spacial score (nSPS) is 21.9. The van der Waals surface area contributed by atoms with Crippen molar-refractivity contribution in [3.8, 4) is 5.75 Å². The third-order valence-electron chi connectivity index (χ3n) is 5.12. The molecule has 1 N–H and O–H groups in total. The van der Waals surface area contributed by atoms with E-state index in [4.69, 9.17) is 9.47 Å². The van der Waals surface area contributed by atoms with E-state index in [1.165, 1.54) is 11.1 Å². The van der Waals surface area contributed by atoms with E-state index in [1.807, 2.05) is 17.0 Å². The molecule has 0 radical (unpaired) electrons. The van der Waals surface area contributed by atoms with Crippen LogP contribution in [-0.2, 0) is 16.0 Å². The van der Waals surface area contributed by atoms with Crippen molar-refractivity contribution in [2.45, 2.75) is 44.7 Å². The number of methoxy groups -OCH3 is 1. The number of benzene rings is 1. The fraction of sp³-hybridized carbons (Fsp3) is 0.632. The van der Waals surface area contributed by atoms with Crippen molar-refractivity contribution in [2.75, 3.05) is 33.4 Å². The monoisotopic (exact) mass is 332 g/mol. The zero-order valence-electron chi connectivity index (χ0n) is 14.7. The van der Waals surface area contributed by atoms with E-state index >= 15 is 0 Å². The van der Waals surface area contributed by atoms with Crippen molar-refractivity contribution < 1.29 is 14.3 Å². The fourth-order valence-electron chi connectivity index (χ4n) is 3.79. The number of fused-ring (bicyclic) bond motifs is 1. The van der Waals surface area contributed by atoms with Gasteiger partial charge in [0.25, 0.3) is 0 Å². The van der Waals surface area contributed by atoms with Gasteiger partial charge in [-0.05, 0) is 42.9 Å². The maximum atomic E-state index is 12.8. The van der Waals surface area contributed by atoms with Gasteiger partial charge in [0.1, 0.15) is 5.75 Å². The molecule has 1 aliphatic heterocycles. The number of carbonyl (C=O) groups is 1. The highest BCUT2D eigenvalue weighted by Crippen LogP contribution is 2.35. The van der Waals surface area contributed by atoms with E-state index in [2.05, 4.69) is 18.3 Å². The summed E-state index contributed by atoms with van der Waals surface area (Å²) in [5, 5.41) is 3.62. The summed E-state index contributed by atoms with van der Waals surface area (Å²) in [4.78, 5) is 14.8. The molecule has 0 spiro atoms. The van der Waals surface area contributed by atoms with Gasteiger partial charge in [-0.15, -0.1) is 0 Å². The largest absolute Gasteiger partial charge is 0.496 e. The van der Waals surface area contributed by atoms with Crippen molar-refractivity contribution in [2.24, 2.45) is 0 Å². The Hall–Kier alpha value is -1.59. The second-order valence-electron chi connectivity index (χ2n) is 6.54. The molecule has 0 bridgehead atoms. The van der Waals surface area contributed by atoms with E-state index in [0.29, 0.717) is 26.3 Å². The van der Waals surface area contributed by atoms with E-state index in [-0.39, 0.29) is 18.0 Å². The van der Waals surface area contributed by atoms with Gasteiger partial charge in [0.15, 0.2) is 0 Å². The van der Waals surface area contributed by atoms with E-state index < -0.39 is 0 Å². The number of morpholine rings is 1. The molecule has 2 atom stereocenters. The first-order valence-corrected chi connectivity index (χ1v) is 9.03. The molecule has 1 aliphatic carbocycles. The first-order chi connectivity index (χ1) is 11.7. The molecule has 1 amide bonds. The minimum atomic E-state index is -0.134. The summed E-state index contributed by atoms with van der Waals surface area (Å²) in [6.45, 7) is 4.76. The Morgan fingerprint density at radius 3 is 2.92 bits per heavy atom. The van der Waals surface area contributed by atoms with Crippen LogP contribution in [0.5, 0.6) is 5.75 Å². The van der Waals surface area contributed by atoms with Gasteiger partial charge in [-0.25, -0.2) is 0 Å². The summed E-state index contributed by atoms with van der Waals surface area (Å²) in [5.74, 6) is 1.17. The Kier molecular flexibility index (Phi) is 5.74. The third-order valence-corrected chi connectivity index (χ3v) is 5.12. The average Bonchev–Trinajstić information content (AvgIpc) is 2.65. The van der Waals surface area contributed by atoms with Gasteiger partial charge in [-0.2, -0.15) is 0 Å². The summed E-state index contributed by atoms with van der Waals surface area (Å²) in [6, 6.07) is 6.32. The summed E-state index contributed by atoms with van der Waals surface area (Å²) in [6.07, 6.45) is 4.03. The van der Waals surface area contributed by atoms with Crippen molar-refractivity contribution >= 4 is 5.91 Å². The highest BCUT2D eigenvalue weighted by Gasteiger charge is 2.29. The van der Waals surface area contributed by atoms with Gasteiger partial charge < -0.3 is 14.4 Å². The topological polar surface area (TPSA) is 50.8 Å². The average molecular weight is 332 g/mol. The smallest absolute Gasteiger partial charge is 0.239 e. The van der Waals surface area contributed by atoms with Crippen LogP contribution in [0.2, 0.25) is 0 Å². The van der Waals surface area contributed by atoms with Crippen LogP contribution in [0.1, 0.15) is 43.4 Å². The maximum absolute atomic E-state index is 12.8. The van der Waals surface area contributed by atoms with Gasteiger partial charge in [-0.1, -0.05) is 19.1 Å². The number of nitrogens with zero attached hydrogens (tertiary/aromatic N) is 1. The lowest BCUT2D eigenvalue weighted by atomic mass is 9.86. The van der Waals surface area contributed by atoms with Crippen LogP contribution >= 0.6 is 0 Å². The van der Waals surface area contributed by atoms with Crippen molar-refractivity contribution in [3.63, 3.8) is 0 Å². The Labute approximate surface area is 144 Å². The molecule has 1 saturated heterocycles. The Morgan fingerprint density at radius 1 is 1.42 bits per heavy atom. The van der Waals surface area contributed by atoms with Crippen LogP contribution in [0.4, 0.5) is 0 Å². The third kappa shape index (κ3) is 3.57. The number of hydrogen-bond donors (Lipinski definition) is 1.